The van der Waals surface area contributed by atoms with Crippen molar-refractivity contribution in [2.75, 3.05) is 18.5 Å². The molecule has 0 radical (unpaired) electrons. The number of rotatable bonds is 5. The Balaban J connectivity index is 2.79. The van der Waals surface area contributed by atoms with Crippen molar-refractivity contribution in [3.63, 3.8) is 0 Å². The van der Waals surface area contributed by atoms with Crippen LogP contribution in [0.15, 0.2) is 12.3 Å². The first kappa shape index (κ1) is 11.8. The molecule has 84 valence electrons. The number of hydrogen-bond donors (Lipinski definition) is 4. The van der Waals surface area contributed by atoms with Crippen molar-refractivity contribution < 1.29 is 10.2 Å². The van der Waals surface area contributed by atoms with Crippen molar-refractivity contribution in [1.29, 1.82) is 0 Å². The molecule has 0 amide bonds. The number of hydrogen-bond acceptors (Lipinski definition) is 6. The molecule has 1 rings (SSSR count). The zero-order valence-corrected chi connectivity index (χ0v) is 8.64. The van der Waals surface area contributed by atoms with Gasteiger partial charge in [-0.25, -0.2) is 9.97 Å². The van der Waals surface area contributed by atoms with Crippen molar-refractivity contribution in [2.24, 2.45) is 5.73 Å². The van der Waals surface area contributed by atoms with Crippen LogP contribution in [0.1, 0.15) is 12.6 Å². The number of nitrogens with two attached hydrogens (primary N) is 1. The van der Waals surface area contributed by atoms with Crippen molar-refractivity contribution in [3.05, 3.63) is 18.0 Å². The average Bonchev–Trinajstić information content (AvgIpc) is 2.29. The summed E-state index contributed by atoms with van der Waals surface area (Å²) in [4.78, 5) is 8.07. The quantitative estimate of drug-likeness (QED) is 0.504. The second kappa shape index (κ2) is 5.01. The Kier molecular flexibility index (Phi) is 3.96. The van der Waals surface area contributed by atoms with E-state index >= 15 is 0 Å². The summed E-state index contributed by atoms with van der Waals surface area (Å²) in [6.45, 7) is 1.58. The van der Waals surface area contributed by atoms with Crippen LogP contribution in [-0.4, -0.2) is 38.9 Å². The highest BCUT2D eigenvalue weighted by Crippen LogP contribution is 2.10. The maximum atomic E-state index is 9.07. The number of nitrogens with one attached hydrogen (secondary N) is 1. The molecule has 1 aromatic heterocycles. The van der Waals surface area contributed by atoms with Gasteiger partial charge in [0.25, 0.3) is 0 Å². The summed E-state index contributed by atoms with van der Waals surface area (Å²) >= 11 is 0. The Morgan fingerprint density at radius 1 is 1.47 bits per heavy atom. The molecule has 0 atom stereocenters. The van der Waals surface area contributed by atoms with Gasteiger partial charge >= 0.3 is 0 Å². The Hall–Kier alpha value is -1.24. The molecule has 0 spiro atoms. The van der Waals surface area contributed by atoms with Crippen LogP contribution in [0.3, 0.4) is 0 Å². The molecule has 1 aromatic rings. The molecule has 0 fully saturated rings. The predicted molar refractivity (Wildman–Crippen MR) is 56.1 cm³/mol. The van der Waals surface area contributed by atoms with Gasteiger partial charge in [0, 0.05) is 12.7 Å². The van der Waals surface area contributed by atoms with E-state index in [1.165, 1.54) is 0 Å². The first-order chi connectivity index (χ1) is 7.13. The third-order valence-electron chi connectivity index (χ3n) is 2.03. The molecule has 5 N–H and O–H groups in total. The van der Waals surface area contributed by atoms with Crippen LogP contribution in [0.4, 0.5) is 5.95 Å². The average molecular weight is 212 g/mol. The number of nitrogens with zero attached hydrogens (tertiary/aromatic N) is 2. The van der Waals surface area contributed by atoms with Gasteiger partial charge in [0.2, 0.25) is 5.95 Å². The standard InChI is InChI=1S/C9H16N4O2/c1-9(5-14,6-15)13-8-11-3-2-7(4-10)12-8/h2-3,14-15H,4-6,10H2,1H3,(H,11,12,13). The van der Waals surface area contributed by atoms with E-state index in [9.17, 15) is 0 Å². The third-order valence-corrected chi connectivity index (χ3v) is 2.03. The van der Waals surface area contributed by atoms with Crippen LogP contribution >= 0.6 is 0 Å². The van der Waals surface area contributed by atoms with Gasteiger partial charge in [-0.2, -0.15) is 0 Å². The topological polar surface area (TPSA) is 104 Å². The lowest BCUT2D eigenvalue weighted by Crippen LogP contribution is -2.43. The highest BCUT2D eigenvalue weighted by Gasteiger charge is 2.22. The van der Waals surface area contributed by atoms with Gasteiger partial charge in [-0.15, -0.1) is 0 Å². The van der Waals surface area contributed by atoms with Gasteiger partial charge in [0.05, 0.1) is 24.4 Å². The van der Waals surface area contributed by atoms with Crippen LogP contribution in [0, 0.1) is 0 Å². The summed E-state index contributed by atoms with van der Waals surface area (Å²) in [7, 11) is 0. The van der Waals surface area contributed by atoms with E-state index in [2.05, 4.69) is 15.3 Å². The maximum absolute atomic E-state index is 9.07. The van der Waals surface area contributed by atoms with Gasteiger partial charge in [-0.3, -0.25) is 0 Å². The summed E-state index contributed by atoms with van der Waals surface area (Å²) in [5.41, 5.74) is 5.30. The van der Waals surface area contributed by atoms with Crippen molar-refractivity contribution in [1.82, 2.24) is 9.97 Å². The molecule has 1 heterocycles. The van der Waals surface area contributed by atoms with E-state index < -0.39 is 5.54 Å². The van der Waals surface area contributed by atoms with Crippen molar-refractivity contribution in [3.8, 4) is 0 Å². The summed E-state index contributed by atoms with van der Waals surface area (Å²) in [5.74, 6) is 0.351. The molecule has 0 aliphatic carbocycles. The summed E-state index contributed by atoms with van der Waals surface area (Å²) in [6, 6.07) is 1.71. The lowest BCUT2D eigenvalue weighted by Gasteiger charge is -2.26. The van der Waals surface area contributed by atoms with Gasteiger partial charge in [-0.05, 0) is 13.0 Å². The highest BCUT2D eigenvalue weighted by atomic mass is 16.3. The van der Waals surface area contributed by atoms with E-state index in [0.29, 0.717) is 18.2 Å². The molecule has 0 aliphatic heterocycles. The van der Waals surface area contributed by atoms with E-state index in [1.807, 2.05) is 0 Å². The van der Waals surface area contributed by atoms with E-state index in [0.717, 1.165) is 0 Å². The highest BCUT2D eigenvalue weighted by molar-refractivity contribution is 5.29. The minimum Gasteiger partial charge on any atom is -0.394 e. The van der Waals surface area contributed by atoms with E-state index in [4.69, 9.17) is 15.9 Å². The maximum Gasteiger partial charge on any atom is 0.223 e. The molecule has 6 heteroatoms. The van der Waals surface area contributed by atoms with Crippen LogP contribution in [-0.2, 0) is 6.54 Å². The fourth-order valence-corrected chi connectivity index (χ4v) is 0.969. The zero-order chi connectivity index (χ0) is 11.3. The molecule has 0 aliphatic rings. The monoisotopic (exact) mass is 212 g/mol. The fraction of sp³-hybridized carbons (Fsp3) is 0.556. The lowest BCUT2D eigenvalue weighted by atomic mass is 10.1. The molecular weight excluding hydrogens is 196 g/mol. The Labute approximate surface area is 88.2 Å². The minimum absolute atomic E-state index is 0.209. The molecule has 0 saturated carbocycles. The first-order valence-corrected chi connectivity index (χ1v) is 4.65. The third kappa shape index (κ3) is 3.12. The van der Waals surface area contributed by atoms with E-state index in [1.54, 1.807) is 19.2 Å². The SMILES string of the molecule is CC(CO)(CO)Nc1nccc(CN)n1. The Morgan fingerprint density at radius 2 is 2.13 bits per heavy atom. The smallest absolute Gasteiger partial charge is 0.223 e. The van der Waals surface area contributed by atoms with Crippen LogP contribution in [0.2, 0.25) is 0 Å². The summed E-state index contributed by atoms with van der Waals surface area (Å²) in [6.07, 6.45) is 1.58. The van der Waals surface area contributed by atoms with Crippen molar-refractivity contribution >= 4 is 5.95 Å². The molecule has 0 bridgehead atoms. The number of aromatic nitrogens is 2. The molecule has 0 saturated heterocycles. The minimum atomic E-state index is -0.826. The summed E-state index contributed by atoms with van der Waals surface area (Å²) in [5, 5.41) is 21.0. The second-order valence-corrected chi connectivity index (χ2v) is 3.58. The lowest BCUT2D eigenvalue weighted by molar-refractivity contribution is 0.147. The second-order valence-electron chi connectivity index (χ2n) is 3.58. The zero-order valence-electron chi connectivity index (χ0n) is 8.64. The van der Waals surface area contributed by atoms with Crippen LogP contribution in [0.5, 0.6) is 0 Å². The normalized spacial score (nSPS) is 11.5. The van der Waals surface area contributed by atoms with Crippen LogP contribution in [0.25, 0.3) is 0 Å². The summed E-state index contributed by atoms with van der Waals surface area (Å²) < 4.78 is 0. The molecule has 0 unspecified atom stereocenters. The van der Waals surface area contributed by atoms with Gasteiger partial charge in [-0.1, -0.05) is 0 Å². The molecular formula is C9H16N4O2. The van der Waals surface area contributed by atoms with E-state index in [-0.39, 0.29) is 13.2 Å². The molecule has 6 nitrogen and oxygen atoms in total. The van der Waals surface area contributed by atoms with Gasteiger partial charge in [0.1, 0.15) is 0 Å². The van der Waals surface area contributed by atoms with Gasteiger partial charge in [0.15, 0.2) is 0 Å². The Bertz CT molecular complexity index is 315. The number of aliphatic hydroxyl groups is 2. The molecule has 15 heavy (non-hydrogen) atoms. The fourth-order valence-electron chi connectivity index (χ4n) is 0.969. The number of anilines is 1. The van der Waals surface area contributed by atoms with Gasteiger partial charge < -0.3 is 21.3 Å². The van der Waals surface area contributed by atoms with Crippen LogP contribution < -0.4 is 11.1 Å². The Morgan fingerprint density at radius 3 is 2.67 bits per heavy atom. The predicted octanol–water partition coefficient (Wildman–Crippen LogP) is -0.909. The first-order valence-electron chi connectivity index (χ1n) is 4.65. The van der Waals surface area contributed by atoms with Crippen molar-refractivity contribution in [2.45, 2.75) is 19.0 Å². The largest absolute Gasteiger partial charge is 0.394 e. The number of aliphatic hydroxyl groups excluding tert-OH is 2. The molecule has 0 aromatic carbocycles.